The molecule has 0 radical (unpaired) electrons. The largest absolute Gasteiger partial charge is 0.480 e. The number of carbonyl (C=O) groups excluding carboxylic acids is 1. The lowest BCUT2D eigenvalue weighted by atomic mass is 9.90. The number of carbonyl (C=O) groups is 2. The topological polar surface area (TPSA) is 121 Å². The number of primary amides is 1. The number of aromatic amines is 1. The Hall–Kier alpha value is -3.36. The average molecular weight is 451 g/mol. The quantitative estimate of drug-likeness (QED) is 0.418. The summed E-state index contributed by atoms with van der Waals surface area (Å²) >= 11 is 0. The molecule has 5 N–H and O–H groups in total. The molecule has 0 bridgehead atoms. The van der Waals surface area contributed by atoms with E-state index in [1.54, 1.807) is 0 Å². The van der Waals surface area contributed by atoms with E-state index in [1.807, 2.05) is 54.3 Å². The van der Waals surface area contributed by atoms with Crippen molar-refractivity contribution in [2.75, 3.05) is 13.2 Å². The van der Waals surface area contributed by atoms with Gasteiger partial charge < -0.3 is 25.9 Å². The van der Waals surface area contributed by atoms with Gasteiger partial charge in [-0.05, 0) is 24.0 Å². The summed E-state index contributed by atoms with van der Waals surface area (Å²) in [5.74, 6) is -0.938. The predicted molar refractivity (Wildman–Crippen MR) is 126 cm³/mol. The number of nitrogens with two attached hydrogens (primary N) is 1. The van der Waals surface area contributed by atoms with Gasteiger partial charge in [-0.25, -0.2) is 4.79 Å². The van der Waals surface area contributed by atoms with Gasteiger partial charge >= 0.3 is 12.0 Å². The van der Waals surface area contributed by atoms with E-state index in [2.05, 4.69) is 23.3 Å². The van der Waals surface area contributed by atoms with Gasteiger partial charge in [-0.3, -0.25) is 9.69 Å². The number of aromatic nitrogens is 1. The minimum atomic E-state index is -1.01. The van der Waals surface area contributed by atoms with Crippen molar-refractivity contribution < 1.29 is 19.4 Å². The Balaban J connectivity index is 1.92. The van der Waals surface area contributed by atoms with Crippen LogP contribution in [0, 0.1) is 0 Å². The molecular weight excluding hydrogens is 420 g/mol. The van der Waals surface area contributed by atoms with E-state index in [9.17, 15) is 14.7 Å². The fraction of sp³-hybridized carbons (Fsp3) is 0.360. The van der Waals surface area contributed by atoms with Gasteiger partial charge in [0.15, 0.2) is 5.72 Å². The lowest BCUT2D eigenvalue weighted by Crippen LogP contribution is -2.54. The van der Waals surface area contributed by atoms with E-state index in [0.29, 0.717) is 13.0 Å². The van der Waals surface area contributed by atoms with Crippen molar-refractivity contribution in [3.05, 3.63) is 70.9 Å². The number of carboxylic acids is 1. The molecule has 0 fully saturated rings. The van der Waals surface area contributed by atoms with Crippen molar-refractivity contribution in [2.24, 2.45) is 5.73 Å². The van der Waals surface area contributed by atoms with Crippen molar-refractivity contribution in [1.29, 1.82) is 0 Å². The van der Waals surface area contributed by atoms with Crippen molar-refractivity contribution >= 4 is 22.9 Å². The molecule has 8 nitrogen and oxygen atoms in total. The summed E-state index contributed by atoms with van der Waals surface area (Å²) in [6.45, 7) is 4.44. The molecular formula is C25H30N4O4. The number of benzene rings is 2. The predicted octanol–water partition coefficient (Wildman–Crippen LogP) is 3.62. The first-order valence-electron chi connectivity index (χ1n) is 11.2. The van der Waals surface area contributed by atoms with Crippen molar-refractivity contribution in [1.82, 2.24) is 15.2 Å². The zero-order valence-electron chi connectivity index (χ0n) is 18.9. The lowest BCUT2D eigenvalue weighted by Gasteiger charge is -2.46. The van der Waals surface area contributed by atoms with Crippen LogP contribution in [0.4, 0.5) is 4.79 Å². The second-order valence-corrected chi connectivity index (χ2v) is 8.35. The smallest absolute Gasteiger partial charge is 0.317 e. The monoisotopic (exact) mass is 450 g/mol. The van der Waals surface area contributed by atoms with Gasteiger partial charge in [-0.2, -0.15) is 0 Å². The Morgan fingerprint density at radius 2 is 1.97 bits per heavy atom. The van der Waals surface area contributed by atoms with Gasteiger partial charge in [0.05, 0.1) is 24.9 Å². The summed E-state index contributed by atoms with van der Waals surface area (Å²) in [4.78, 5) is 29.1. The molecule has 2 aromatic carbocycles. The summed E-state index contributed by atoms with van der Waals surface area (Å²) < 4.78 is 6.45. The molecule has 2 atom stereocenters. The summed E-state index contributed by atoms with van der Waals surface area (Å²) in [7, 11) is 0. The molecule has 0 aliphatic carbocycles. The third kappa shape index (κ3) is 4.19. The number of H-pyrrole nitrogens is 1. The molecule has 0 saturated heterocycles. The van der Waals surface area contributed by atoms with Crippen molar-refractivity contribution in [2.45, 2.75) is 45.0 Å². The number of urea groups is 1. The Bertz CT molecular complexity index is 1160. The summed E-state index contributed by atoms with van der Waals surface area (Å²) in [5.41, 5.74) is 9.22. The third-order valence-electron chi connectivity index (χ3n) is 6.42. The molecule has 4 rings (SSSR count). The van der Waals surface area contributed by atoms with E-state index in [4.69, 9.17) is 10.5 Å². The van der Waals surface area contributed by atoms with Crippen molar-refractivity contribution in [3.63, 3.8) is 0 Å². The van der Waals surface area contributed by atoms with Gasteiger partial charge in [-0.15, -0.1) is 0 Å². The normalized spacial score (nSPS) is 20.0. The average Bonchev–Trinajstić information content (AvgIpc) is 3.20. The molecule has 0 saturated carbocycles. The minimum Gasteiger partial charge on any atom is -0.480 e. The Morgan fingerprint density at radius 3 is 2.61 bits per heavy atom. The van der Waals surface area contributed by atoms with Crippen LogP contribution in [0.2, 0.25) is 0 Å². The Morgan fingerprint density at radius 1 is 1.21 bits per heavy atom. The first-order valence-corrected chi connectivity index (χ1v) is 11.2. The molecule has 1 aromatic heterocycles. The number of fused-ring (bicyclic) bond motifs is 3. The SMILES string of the molecule is CCc1cccc2c3c([nH]c12)C(CC)(N(CC(=O)O)Cc1ccccc1)OCC3NC(N)=O. The van der Waals surface area contributed by atoms with E-state index in [-0.39, 0.29) is 13.2 Å². The second kappa shape index (κ2) is 9.25. The Labute approximate surface area is 192 Å². The first-order chi connectivity index (χ1) is 15.9. The molecule has 33 heavy (non-hydrogen) atoms. The molecule has 0 spiro atoms. The fourth-order valence-corrected chi connectivity index (χ4v) is 4.96. The molecule has 174 valence electrons. The highest BCUT2D eigenvalue weighted by molar-refractivity contribution is 5.89. The number of aliphatic carboxylic acids is 1. The molecule has 2 amide bonds. The lowest BCUT2D eigenvalue weighted by molar-refractivity contribution is -0.193. The first kappa shape index (κ1) is 22.8. The maximum Gasteiger partial charge on any atom is 0.317 e. The van der Waals surface area contributed by atoms with E-state index in [0.717, 1.165) is 39.7 Å². The number of carboxylic acid groups (broad SMARTS) is 1. The van der Waals surface area contributed by atoms with Crippen molar-refractivity contribution in [3.8, 4) is 0 Å². The molecule has 1 aliphatic rings. The van der Waals surface area contributed by atoms with E-state index in [1.165, 1.54) is 0 Å². The zero-order valence-corrected chi connectivity index (χ0v) is 18.9. The number of amides is 2. The van der Waals surface area contributed by atoms with E-state index >= 15 is 0 Å². The number of ether oxygens (including phenoxy) is 1. The second-order valence-electron chi connectivity index (χ2n) is 8.35. The number of rotatable bonds is 8. The van der Waals surface area contributed by atoms with Gasteiger partial charge in [0, 0.05) is 23.0 Å². The van der Waals surface area contributed by atoms with E-state index < -0.39 is 23.8 Å². The van der Waals surface area contributed by atoms with Crippen LogP contribution in [0.15, 0.2) is 48.5 Å². The van der Waals surface area contributed by atoms with Crippen LogP contribution < -0.4 is 11.1 Å². The maximum atomic E-state index is 11.9. The molecule has 2 unspecified atom stereocenters. The zero-order chi connectivity index (χ0) is 23.6. The van der Waals surface area contributed by atoms with Crippen LogP contribution >= 0.6 is 0 Å². The summed E-state index contributed by atoms with van der Waals surface area (Å²) in [6, 6.07) is 14.7. The van der Waals surface area contributed by atoms with Crippen LogP contribution in [-0.2, 0) is 28.2 Å². The van der Waals surface area contributed by atoms with Gasteiger partial charge in [0.2, 0.25) is 0 Å². The number of hydrogen-bond donors (Lipinski definition) is 4. The molecule has 2 heterocycles. The third-order valence-corrected chi connectivity index (χ3v) is 6.42. The number of para-hydroxylation sites is 1. The highest BCUT2D eigenvalue weighted by Crippen LogP contribution is 2.46. The highest BCUT2D eigenvalue weighted by atomic mass is 16.5. The Kier molecular flexibility index (Phi) is 6.40. The standard InChI is InChI=1S/C25H30N4O4/c1-3-17-11-8-12-18-21-19(27-24(26)32)15-33-25(4-2,23(21)28-22(17)18)29(14-20(30)31)13-16-9-6-5-7-10-16/h5-12,19,28H,3-4,13-15H2,1-2H3,(H,30,31)(H3,26,27,32). The van der Waals surface area contributed by atoms with Gasteiger partial charge in [0.1, 0.15) is 0 Å². The van der Waals surface area contributed by atoms with Crippen LogP contribution in [0.1, 0.15) is 48.7 Å². The number of hydrogen-bond acceptors (Lipinski definition) is 4. The van der Waals surface area contributed by atoms with Crippen LogP contribution in [-0.4, -0.2) is 40.1 Å². The number of nitrogens with one attached hydrogen (secondary N) is 2. The van der Waals surface area contributed by atoms with Gasteiger partial charge in [-0.1, -0.05) is 62.4 Å². The van der Waals surface area contributed by atoms with Gasteiger partial charge in [0.25, 0.3) is 0 Å². The maximum absolute atomic E-state index is 11.9. The van der Waals surface area contributed by atoms with Crippen LogP contribution in [0.3, 0.4) is 0 Å². The number of aryl methyl sites for hydroxylation is 1. The molecule has 8 heteroatoms. The van der Waals surface area contributed by atoms with Crippen LogP contribution in [0.5, 0.6) is 0 Å². The molecule has 3 aromatic rings. The number of nitrogens with zero attached hydrogens (tertiary/aromatic N) is 1. The van der Waals surface area contributed by atoms with Crippen LogP contribution in [0.25, 0.3) is 10.9 Å². The summed E-state index contributed by atoms with van der Waals surface area (Å²) in [5, 5.41) is 13.6. The highest BCUT2D eigenvalue weighted by Gasteiger charge is 2.47. The molecule has 1 aliphatic heterocycles. The minimum absolute atomic E-state index is 0.179. The summed E-state index contributed by atoms with van der Waals surface area (Å²) in [6.07, 6.45) is 1.34. The fourth-order valence-electron chi connectivity index (χ4n) is 4.96.